The molecule has 1 atom stereocenters. The monoisotopic (exact) mass is 229 g/mol. The van der Waals surface area contributed by atoms with E-state index in [1.807, 2.05) is 4.90 Å². The lowest BCUT2D eigenvalue weighted by Gasteiger charge is -2.35. The Morgan fingerprint density at radius 1 is 1.50 bits per heavy atom. The number of likely N-dealkylation sites (tertiary alicyclic amines) is 1. The summed E-state index contributed by atoms with van der Waals surface area (Å²) in [5.41, 5.74) is 0. The molecule has 0 amide bonds. The summed E-state index contributed by atoms with van der Waals surface area (Å²) in [6.07, 6.45) is 4.75. The van der Waals surface area contributed by atoms with Crippen molar-refractivity contribution in [2.75, 3.05) is 26.8 Å². The molecule has 94 valence electrons. The molecule has 1 saturated heterocycles. The second kappa shape index (κ2) is 6.86. The summed E-state index contributed by atoms with van der Waals surface area (Å²) in [4.78, 5) is 13.1. The molecule has 0 saturated carbocycles. The van der Waals surface area contributed by atoms with E-state index < -0.39 is 12.0 Å². The predicted octanol–water partition coefficient (Wildman–Crippen LogP) is 1.60. The van der Waals surface area contributed by atoms with Crippen LogP contribution < -0.4 is 0 Å². The Labute approximate surface area is 97.6 Å². The summed E-state index contributed by atoms with van der Waals surface area (Å²) in [6, 6.07) is -0.465. The molecule has 0 spiro atoms. The maximum Gasteiger partial charge on any atom is 0.323 e. The summed E-state index contributed by atoms with van der Waals surface area (Å²) in [7, 11) is 1.56. The minimum atomic E-state index is -0.768. The highest BCUT2D eigenvalue weighted by molar-refractivity contribution is 5.73. The summed E-state index contributed by atoms with van der Waals surface area (Å²) in [5.74, 6) is 0.0223. The lowest BCUT2D eigenvalue weighted by Crippen LogP contribution is -2.48. The molecule has 4 nitrogen and oxygen atoms in total. The van der Waals surface area contributed by atoms with Crippen molar-refractivity contribution < 1.29 is 14.6 Å². The molecule has 1 aliphatic heterocycles. The first-order valence-corrected chi connectivity index (χ1v) is 6.14. The Hall–Kier alpha value is -0.610. The molecular formula is C12H23NO3. The molecule has 1 fully saturated rings. The third kappa shape index (κ3) is 3.76. The Kier molecular flexibility index (Phi) is 5.77. The fourth-order valence-electron chi connectivity index (χ4n) is 2.45. The second-order valence-electron chi connectivity index (χ2n) is 4.58. The van der Waals surface area contributed by atoms with Crippen molar-refractivity contribution in [2.45, 2.75) is 38.6 Å². The molecule has 1 aliphatic rings. The quantitative estimate of drug-likeness (QED) is 0.751. The van der Waals surface area contributed by atoms with Gasteiger partial charge in [-0.2, -0.15) is 0 Å². The number of carboxylic acid groups (broad SMARTS) is 1. The number of hydrogen-bond acceptors (Lipinski definition) is 3. The van der Waals surface area contributed by atoms with Gasteiger partial charge >= 0.3 is 5.97 Å². The largest absolute Gasteiger partial charge is 0.480 e. The van der Waals surface area contributed by atoms with E-state index in [2.05, 4.69) is 6.92 Å². The molecule has 0 aromatic heterocycles. The van der Waals surface area contributed by atoms with Crippen LogP contribution in [0.4, 0.5) is 0 Å². The molecule has 1 heterocycles. The molecule has 0 bridgehead atoms. The van der Waals surface area contributed by atoms with Gasteiger partial charge in [-0.15, -0.1) is 0 Å². The van der Waals surface area contributed by atoms with Crippen molar-refractivity contribution in [2.24, 2.45) is 5.92 Å². The van der Waals surface area contributed by atoms with Crippen LogP contribution >= 0.6 is 0 Å². The molecule has 0 aromatic rings. The van der Waals surface area contributed by atoms with Crippen LogP contribution in [0.3, 0.4) is 0 Å². The zero-order valence-corrected chi connectivity index (χ0v) is 10.3. The maximum absolute atomic E-state index is 11.1. The van der Waals surface area contributed by atoms with Crippen LogP contribution in [0.2, 0.25) is 0 Å². The molecule has 0 aromatic carbocycles. The van der Waals surface area contributed by atoms with Crippen molar-refractivity contribution in [3.63, 3.8) is 0 Å². The zero-order chi connectivity index (χ0) is 12.0. The van der Waals surface area contributed by atoms with Gasteiger partial charge in [-0.05, 0) is 31.8 Å². The first-order chi connectivity index (χ1) is 7.69. The number of methoxy groups -OCH3 is 1. The summed E-state index contributed by atoms with van der Waals surface area (Å²) in [5, 5.41) is 9.10. The van der Waals surface area contributed by atoms with Crippen molar-refractivity contribution in [1.29, 1.82) is 0 Å². The molecule has 1 rings (SSSR count). The molecule has 1 N–H and O–H groups in total. The summed E-state index contributed by atoms with van der Waals surface area (Å²) < 4.78 is 4.97. The Bertz CT molecular complexity index is 212. The van der Waals surface area contributed by atoms with Crippen LogP contribution in [0.25, 0.3) is 0 Å². The molecule has 4 heteroatoms. The van der Waals surface area contributed by atoms with Gasteiger partial charge in [-0.1, -0.05) is 19.8 Å². The molecular weight excluding hydrogens is 206 g/mol. The van der Waals surface area contributed by atoms with Gasteiger partial charge in [0, 0.05) is 7.11 Å². The standard InChI is InChI=1S/C12H23NO3/c1-3-4-10-5-7-13(8-6-10)11(9-16-2)12(14)15/h10-11H,3-9H2,1-2H3,(H,14,15). The van der Waals surface area contributed by atoms with Crippen molar-refractivity contribution >= 4 is 5.97 Å². The molecule has 1 unspecified atom stereocenters. The highest BCUT2D eigenvalue weighted by atomic mass is 16.5. The van der Waals surface area contributed by atoms with Crippen molar-refractivity contribution in [3.8, 4) is 0 Å². The molecule has 16 heavy (non-hydrogen) atoms. The van der Waals surface area contributed by atoms with E-state index >= 15 is 0 Å². The van der Waals surface area contributed by atoms with Crippen LogP contribution in [-0.4, -0.2) is 48.8 Å². The van der Waals surface area contributed by atoms with Crippen molar-refractivity contribution in [3.05, 3.63) is 0 Å². The van der Waals surface area contributed by atoms with Gasteiger partial charge in [0.05, 0.1) is 6.61 Å². The SMILES string of the molecule is CCCC1CCN(C(COC)C(=O)O)CC1. The number of nitrogens with zero attached hydrogens (tertiary/aromatic N) is 1. The second-order valence-corrected chi connectivity index (χ2v) is 4.58. The number of piperidine rings is 1. The van der Waals surface area contributed by atoms with E-state index in [1.165, 1.54) is 12.8 Å². The fraction of sp³-hybridized carbons (Fsp3) is 0.917. The van der Waals surface area contributed by atoms with Crippen LogP contribution in [-0.2, 0) is 9.53 Å². The first-order valence-electron chi connectivity index (χ1n) is 6.14. The van der Waals surface area contributed by atoms with E-state index in [-0.39, 0.29) is 6.61 Å². The van der Waals surface area contributed by atoms with Gasteiger partial charge in [0.25, 0.3) is 0 Å². The van der Waals surface area contributed by atoms with Gasteiger partial charge in [-0.25, -0.2) is 0 Å². The average molecular weight is 229 g/mol. The normalized spacial score (nSPS) is 20.9. The average Bonchev–Trinajstić information content (AvgIpc) is 2.27. The number of hydrogen-bond donors (Lipinski definition) is 1. The Morgan fingerprint density at radius 3 is 2.56 bits per heavy atom. The van der Waals surface area contributed by atoms with Gasteiger partial charge in [0.2, 0.25) is 0 Å². The lowest BCUT2D eigenvalue weighted by molar-refractivity contribution is -0.146. The first kappa shape index (κ1) is 13.5. The van der Waals surface area contributed by atoms with E-state index in [0.29, 0.717) is 0 Å². The topological polar surface area (TPSA) is 49.8 Å². The number of aliphatic carboxylic acids is 1. The maximum atomic E-state index is 11.1. The van der Waals surface area contributed by atoms with Crippen LogP contribution in [0.1, 0.15) is 32.6 Å². The number of carboxylic acids is 1. The van der Waals surface area contributed by atoms with E-state index in [1.54, 1.807) is 7.11 Å². The summed E-state index contributed by atoms with van der Waals surface area (Å²) >= 11 is 0. The smallest absolute Gasteiger partial charge is 0.323 e. The minimum absolute atomic E-state index is 0.285. The van der Waals surface area contributed by atoms with Gasteiger partial charge in [-0.3, -0.25) is 9.69 Å². The van der Waals surface area contributed by atoms with Crippen LogP contribution in [0, 0.1) is 5.92 Å². The highest BCUT2D eigenvalue weighted by Crippen LogP contribution is 2.23. The van der Waals surface area contributed by atoms with E-state index in [9.17, 15) is 4.79 Å². The number of rotatable bonds is 6. The summed E-state index contributed by atoms with van der Waals surface area (Å²) in [6.45, 7) is 4.28. The van der Waals surface area contributed by atoms with Gasteiger partial charge in [0.15, 0.2) is 0 Å². The third-order valence-electron chi connectivity index (χ3n) is 3.40. The fourth-order valence-corrected chi connectivity index (χ4v) is 2.45. The third-order valence-corrected chi connectivity index (χ3v) is 3.40. The van der Waals surface area contributed by atoms with Crippen LogP contribution in [0.5, 0.6) is 0 Å². The molecule has 0 radical (unpaired) electrons. The van der Waals surface area contributed by atoms with Gasteiger partial charge in [0.1, 0.15) is 6.04 Å². The van der Waals surface area contributed by atoms with E-state index in [0.717, 1.165) is 31.8 Å². The molecule has 0 aliphatic carbocycles. The highest BCUT2D eigenvalue weighted by Gasteiger charge is 2.29. The Morgan fingerprint density at radius 2 is 2.12 bits per heavy atom. The van der Waals surface area contributed by atoms with Crippen LogP contribution in [0.15, 0.2) is 0 Å². The predicted molar refractivity (Wildman–Crippen MR) is 62.5 cm³/mol. The Balaban J connectivity index is 2.41. The number of ether oxygens (including phenoxy) is 1. The van der Waals surface area contributed by atoms with E-state index in [4.69, 9.17) is 9.84 Å². The number of carbonyl (C=O) groups is 1. The minimum Gasteiger partial charge on any atom is -0.480 e. The van der Waals surface area contributed by atoms with Crippen molar-refractivity contribution in [1.82, 2.24) is 4.90 Å². The van der Waals surface area contributed by atoms with Gasteiger partial charge < -0.3 is 9.84 Å². The zero-order valence-electron chi connectivity index (χ0n) is 10.3. The lowest BCUT2D eigenvalue weighted by atomic mass is 9.92.